The van der Waals surface area contributed by atoms with Gasteiger partial charge in [-0.15, -0.1) is 0 Å². The molecule has 2 heterocycles. The van der Waals surface area contributed by atoms with Crippen LogP contribution in [0.15, 0.2) is 0 Å². The average molecular weight is 509 g/mol. The SMILES string of the molecule is COC(=O)c1c(C)c2c(c(Cl)c1I)OC[C@H](C1CCC3(CC1)OCCO3)O2. The highest BCUT2D eigenvalue weighted by Gasteiger charge is 2.44. The second-order valence-corrected chi connectivity index (χ2v) is 8.65. The minimum absolute atomic E-state index is 0.0865. The van der Waals surface area contributed by atoms with E-state index in [0.717, 1.165) is 25.7 Å². The number of halogens is 2. The van der Waals surface area contributed by atoms with Gasteiger partial charge in [-0.3, -0.25) is 0 Å². The Morgan fingerprint density at radius 1 is 1.22 bits per heavy atom. The number of benzene rings is 1. The lowest BCUT2D eigenvalue weighted by Crippen LogP contribution is -2.43. The highest BCUT2D eigenvalue weighted by molar-refractivity contribution is 14.1. The zero-order valence-electron chi connectivity index (χ0n) is 15.3. The van der Waals surface area contributed by atoms with Gasteiger partial charge in [0.15, 0.2) is 17.3 Å². The Balaban J connectivity index is 1.56. The van der Waals surface area contributed by atoms with Gasteiger partial charge in [0.2, 0.25) is 0 Å². The number of hydrogen-bond donors (Lipinski definition) is 0. The average Bonchev–Trinajstić information content (AvgIpc) is 3.14. The molecule has 2 fully saturated rings. The molecule has 1 aromatic carbocycles. The van der Waals surface area contributed by atoms with Crippen LogP contribution in [0, 0.1) is 16.4 Å². The summed E-state index contributed by atoms with van der Waals surface area (Å²) in [5.41, 5.74) is 1.13. The fourth-order valence-electron chi connectivity index (χ4n) is 4.19. The van der Waals surface area contributed by atoms with Crippen LogP contribution in [0.25, 0.3) is 0 Å². The molecule has 27 heavy (non-hydrogen) atoms. The fraction of sp³-hybridized carbons (Fsp3) is 0.632. The van der Waals surface area contributed by atoms with E-state index in [4.69, 9.17) is 35.3 Å². The number of methoxy groups -OCH3 is 1. The third-order valence-corrected chi connectivity index (χ3v) is 7.47. The van der Waals surface area contributed by atoms with E-state index in [2.05, 4.69) is 0 Å². The largest absolute Gasteiger partial charge is 0.484 e. The summed E-state index contributed by atoms with van der Waals surface area (Å²) in [6.07, 6.45) is 3.54. The molecule has 1 aliphatic carbocycles. The van der Waals surface area contributed by atoms with Crippen molar-refractivity contribution in [2.24, 2.45) is 5.92 Å². The molecule has 8 heteroatoms. The molecule has 1 aromatic rings. The first-order valence-corrected chi connectivity index (χ1v) is 10.6. The fourth-order valence-corrected chi connectivity index (χ4v) is 5.30. The Labute approximate surface area is 176 Å². The van der Waals surface area contributed by atoms with Crippen molar-refractivity contribution in [3.63, 3.8) is 0 Å². The number of fused-ring (bicyclic) bond motifs is 1. The van der Waals surface area contributed by atoms with Crippen LogP contribution in [0.4, 0.5) is 0 Å². The Hall–Kier alpha value is -0.770. The maximum Gasteiger partial charge on any atom is 0.339 e. The molecule has 0 aromatic heterocycles. The predicted molar refractivity (Wildman–Crippen MR) is 107 cm³/mol. The van der Waals surface area contributed by atoms with Gasteiger partial charge in [-0.05, 0) is 48.3 Å². The highest BCUT2D eigenvalue weighted by atomic mass is 127. The van der Waals surface area contributed by atoms with Crippen molar-refractivity contribution in [1.82, 2.24) is 0 Å². The van der Waals surface area contributed by atoms with E-state index in [1.165, 1.54) is 7.11 Å². The van der Waals surface area contributed by atoms with Crippen LogP contribution in [0.2, 0.25) is 5.02 Å². The standard InChI is InChI=1S/C19H22ClIO6/c1-10-13(18(22)23-2)15(21)14(20)17-16(10)27-12(9-24-17)11-3-5-19(6-4-11)25-7-8-26-19/h11-12H,3-9H2,1-2H3/t12-/m1/s1. The number of carbonyl (C=O) groups is 1. The van der Waals surface area contributed by atoms with Gasteiger partial charge in [-0.25, -0.2) is 4.79 Å². The minimum Gasteiger partial charge on any atom is -0.484 e. The lowest BCUT2D eigenvalue weighted by Gasteiger charge is -2.40. The number of hydrogen-bond acceptors (Lipinski definition) is 6. The Morgan fingerprint density at radius 2 is 1.89 bits per heavy atom. The van der Waals surface area contributed by atoms with Crippen molar-refractivity contribution in [3.8, 4) is 11.5 Å². The second-order valence-electron chi connectivity index (χ2n) is 7.19. The van der Waals surface area contributed by atoms with E-state index < -0.39 is 11.8 Å². The van der Waals surface area contributed by atoms with E-state index in [9.17, 15) is 4.79 Å². The maximum absolute atomic E-state index is 12.2. The molecule has 2 aliphatic heterocycles. The maximum atomic E-state index is 12.2. The van der Waals surface area contributed by atoms with Gasteiger partial charge in [0.25, 0.3) is 0 Å². The number of ether oxygens (including phenoxy) is 5. The van der Waals surface area contributed by atoms with Gasteiger partial charge >= 0.3 is 5.97 Å². The van der Waals surface area contributed by atoms with E-state index in [-0.39, 0.29) is 6.10 Å². The number of rotatable bonds is 2. The third-order valence-electron chi connectivity index (χ3n) is 5.72. The van der Waals surface area contributed by atoms with Crippen LogP contribution in [-0.2, 0) is 14.2 Å². The first-order valence-electron chi connectivity index (χ1n) is 9.13. The second kappa shape index (κ2) is 7.57. The van der Waals surface area contributed by atoms with Crippen LogP contribution < -0.4 is 9.47 Å². The van der Waals surface area contributed by atoms with Crippen molar-refractivity contribution in [2.75, 3.05) is 26.9 Å². The monoisotopic (exact) mass is 508 g/mol. The normalized spacial score (nSPS) is 24.2. The molecule has 0 amide bonds. The van der Waals surface area contributed by atoms with Crippen molar-refractivity contribution < 1.29 is 28.5 Å². The highest BCUT2D eigenvalue weighted by Crippen LogP contribution is 2.48. The van der Waals surface area contributed by atoms with Crippen molar-refractivity contribution in [3.05, 3.63) is 19.7 Å². The summed E-state index contributed by atoms with van der Waals surface area (Å²) in [5, 5.41) is 0.394. The summed E-state index contributed by atoms with van der Waals surface area (Å²) in [6.45, 7) is 3.63. The summed E-state index contributed by atoms with van der Waals surface area (Å²) in [5.74, 6) is 0.582. The van der Waals surface area contributed by atoms with Crippen LogP contribution in [0.5, 0.6) is 11.5 Å². The van der Waals surface area contributed by atoms with E-state index >= 15 is 0 Å². The van der Waals surface area contributed by atoms with Crippen LogP contribution in [0.1, 0.15) is 41.6 Å². The molecule has 1 spiro atoms. The van der Waals surface area contributed by atoms with Crippen LogP contribution in [0.3, 0.4) is 0 Å². The Morgan fingerprint density at radius 3 is 2.52 bits per heavy atom. The molecule has 4 rings (SSSR count). The molecule has 0 radical (unpaired) electrons. The summed E-state index contributed by atoms with van der Waals surface area (Å²) < 4.78 is 29.5. The van der Waals surface area contributed by atoms with Crippen LogP contribution >= 0.6 is 34.2 Å². The van der Waals surface area contributed by atoms with Gasteiger partial charge in [0.05, 0.1) is 29.5 Å². The minimum atomic E-state index is -0.428. The zero-order chi connectivity index (χ0) is 19.2. The predicted octanol–water partition coefficient (Wildman–Crippen LogP) is 4.11. The van der Waals surface area contributed by atoms with Crippen molar-refractivity contribution in [1.29, 1.82) is 0 Å². The molecular weight excluding hydrogens is 487 g/mol. The number of esters is 1. The van der Waals surface area contributed by atoms with Gasteiger partial charge < -0.3 is 23.7 Å². The molecule has 1 atom stereocenters. The molecule has 6 nitrogen and oxygen atoms in total. The Bertz CT molecular complexity index is 751. The molecule has 1 saturated carbocycles. The zero-order valence-corrected chi connectivity index (χ0v) is 18.2. The third kappa shape index (κ3) is 3.41. The van der Waals surface area contributed by atoms with Crippen molar-refractivity contribution in [2.45, 2.75) is 44.5 Å². The first-order chi connectivity index (χ1) is 13.0. The van der Waals surface area contributed by atoms with Crippen molar-refractivity contribution >= 4 is 40.2 Å². The Kier molecular flexibility index (Phi) is 5.48. The molecular formula is C19H22ClIO6. The van der Waals surface area contributed by atoms with Gasteiger partial charge in [-0.2, -0.15) is 0 Å². The molecule has 3 aliphatic rings. The van der Waals surface area contributed by atoms with E-state index in [0.29, 0.717) is 57.0 Å². The summed E-state index contributed by atoms with van der Waals surface area (Å²) >= 11 is 8.50. The topological polar surface area (TPSA) is 63.2 Å². The summed E-state index contributed by atoms with van der Waals surface area (Å²) in [4.78, 5) is 12.2. The van der Waals surface area contributed by atoms with Crippen LogP contribution in [-0.4, -0.2) is 44.8 Å². The van der Waals surface area contributed by atoms with Gasteiger partial charge in [0, 0.05) is 18.4 Å². The van der Waals surface area contributed by atoms with E-state index in [1.54, 1.807) is 0 Å². The first kappa shape index (κ1) is 19.5. The molecule has 148 valence electrons. The number of carbonyl (C=O) groups excluding carboxylic acids is 1. The molecule has 0 N–H and O–H groups in total. The van der Waals surface area contributed by atoms with Gasteiger partial charge in [-0.1, -0.05) is 11.6 Å². The molecule has 0 bridgehead atoms. The molecule has 0 unspecified atom stereocenters. The summed E-state index contributed by atoms with van der Waals surface area (Å²) in [6, 6.07) is 0. The lowest BCUT2D eigenvalue weighted by molar-refractivity contribution is -0.187. The molecule has 1 saturated heterocycles. The van der Waals surface area contributed by atoms with E-state index in [1.807, 2.05) is 29.5 Å². The summed E-state index contributed by atoms with van der Waals surface area (Å²) in [7, 11) is 1.36. The lowest BCUT2D eigenvalue weighted by atomic mass is 9.81. The smallest absolute Gasteiger partial charge is 0.339 e. The quantitative estimate of drug-likeness (QED) is 0.443. The van der Waals surface area contributed by atoms with Gasteiger partial charge in [0.1, 0.15) is 17.7 Å².